The number of phenols is 1. The molecule has 1 heterocycles. The minimum absolute atomic E-state index is 0.138. The number of amides is 1. The molecule has 1 aromatic heterocycles. The summed E-state index contributed by atoms with van der Waals surface area (Å²) in [5.74, 6) is 0.161. The summed E-state index contributed by atoms with van der Waals surface area (Å²) < 4.78 is 1.60. The van der Waals surface area contributed by atoms with Crippen molar-refractivity contribution in [3.05, 3.63) is 40.9 Å². The average molecular weight is 281 g/mol. The van der Waals surface area contributed by atoms with Crippen LogP contribution in [0.15, 0.2) is 24.5 Å². The second-order valence-electron chi connectivity index (χ2n) is 4.00. The summed E-state index contributed by atoms with van der Waals surface area (Å²) in [4.78, 5) is 15.9. The fourth-order valence-electron chi connectivity index (χ4n) is 1.58. The predicted molar refractivity (Wildman–Crippen MR) is 70.2 cm³/mol. The Balaban J connectivity index is 1.90. The van der Waals surface area contributed by atoms with Crippen LogP contribution in [0.1, 0.15) is 16.2 Å². The minimum atomic E-state index is -0.356. The summed E-state index contributed by atoms with van der Waals surface area (Å²) in [5, 5.41) is 16.8. The third-order valence-electron chi connectivity index (χ3n) is 2.49. The van der Waals surface area contributed by atoms with Crippen LogP contribution in [0, 0.1) is 0 Å². The Morgan fingerprint density at radius 2 is 2.32 bits per heavy atom. The number of nitrogens with one attached hydrogen (secondary N) is 1. The van der Waals surface area contributed by atoms with Gasteiger partial charge in [-0.3, -0.25) is 9.48 Å². The largest absolute Gasteiger partial charge is 0.507 e. The van der Waals surface area contributed by atoms with Gasteiger partial charge in [-0.2, -0.15) is 5.10 Å². The standard InChI is InChI=1S/C12H13ClN4O2/c1-17-7-15-11(16-17)4-5-14-12(19)9-3-2-8(13)6-10(9)18/h2-3,6-7,18H,4-5H2,1H3,(H,14,19). The summed E-state index contributed by atoms with van der Waals surface area (Å²) >= 11 is 5.70. The first-order valence-electron chi connectivity index (χ1n) is 5.67. The smallest absolute Gasteiger partial charge is 0.255 e. The van der Waals surface area contributed by atoms with Crippen LogP contribution in [-0.4, -0.2) is 32.3 Å². The van der Waals surface area contributed by atoms with Crippen molar-refractivity contribution in [3.63, 3.8) is 0 Å². The molecule has 0 fully saturated rings. The molecular formula is C12H13ClN4O2. The molecular weight excluding hydrogens is 268 g/mol. The Kier molecular flexibility index (Phi) is 4.01. The summed E-state index contributed by atoms with van der Waals surface area (Å²) in [7, 11) is 1.78. The lowest BCUT2D eigenvalue weighted by molar-refractivity contribution is 0.0951. The molecule has 19 heavy (non-hydrogen) atoms. The number of carbonyl (C=O) groups excluding carboxylic acids is 1. The summed E-state index contributed by atoms with van der Waals surface area (Å²) in [5.41, 5.74) is 0.193. The number of nitrogens with zero attached hydrogens (tertiary/aromatic N) is 3. The van der Waals surface area contributed by atoms with Crippen LogP contribution in [0.4, 0.5) is 0 Å². The number of benzene rings is 1. The Morgan fingerprint density at radius 1 is 1.53 bits per heavy atom. The van der Waals surface area contributed by atoms with Gasteiger partial charge in [-0.1, -0.05) is 11.6 Å². The van der Waals surface area contributed by atoms with Crippen molar-refractivity contribution in [2.24, 2.45) is 7.05 Å². The second-order valence-corrected chi connectivity index (χ2v) is 4.44. The highest BCUT2D eigenvalue weighted by atomic mass is 35.5. The molecule has 0 unspecified atom stereocenters. The van der Waals surface area contributed by atoms with Crippen LogP contribution < -0.4 is 5.32 Å². The SMILES string of the molecule is Cn1cnc(CCNC(=O)c2ccc(Cl)cc2O)n1. The summed E-state index contributed by atoms with van der Waals surface area (Å²) in [6, 6.07) is 4.36. The van der Waals surface area contributed by atoms with E-state index in [0.717, 1.165) is 0 Å². The molecule has 0 radical (unpaired) electrons. The van der Waals surface area contributed by atoms with Crippen LogP contribution in [0.2, 0.25) is 5.02 Å². The number of rotatable bonds is 4. The molecule has 2 N–H and O–H groups in total. The minimum Gasteiger partial charge on any atom is -0.507 e. The number of phenolic OH excluding ortho intramolecular Hbond substituents is 1. The number of aromatic hydroxyl groups is 1. The molecule has 0 saturated heterocycles. The molecule has 0 aliphatic rings. The van der Waals surface area contributed by atoms with E-state index in [1.54, 1.807) is 24.1 Å². The molecule has 2 rings (SSSR count). The maximum Gasteiger partial charge on any atom is 0.255 e. The van der Waals surface area contributed by atoms with Gasteiger partial charge >= 0.3 is 0 Å². The molecule has 1 aromatic carbocycles. The number of hydrogen-bond donors (Lipinski definition) is 2. The fraction of sp³-hybridized carbons (Fsp3) is 0.250. The zero-order chi connectivity index (χ0) is 13.8. The molecule has 0 spiro atoms. The van der Waals surface area contributed by atoms with E-state index in [0.29, 0.717) is 23.8 Å². The zero-order valence-electron chi connectivity index (χ0n) is 10.3. The average Bonchev–Trinajstić information content (AvgIpc) is 2.75. The van der Waals surface area contributed by atoms with Gasteiger partial charge in [0.1, 0.15) is 12.1 Å². The first kappa shape index (κ1) is 13.4. The van der Waals surface area contributed by atoms with Crippen molar-refractivity contribution in [2.75, 3.05) is 6.54 Å². The van der Waals surface area contributed by atoms with E-state index in [-0.39, 0.29) is 17.2 Å². The first-order chi connectivity index (χ1) is 9.06. The van der Waals surface area contributed by atoms with Gasteiger partial charge in [-0.05, 0) is 18.2 Å². The Labute approximate surface area is 115 Å². The maximum atomic E-state index is 11.8. The third kappa shape index (κ3) is 3.45. The summed E-state index contributed by atoms with van der Waals surface area (Å²) in [6.45, 7) is 0.394. The molecule has 0 atom stereocenters. The van der Waals surface area contributed by atoms with Crippen LogP contribution in [-0.2, 0) is 13.5 Å². The highest BCUT2D eigenvalue weighted by Gasteiger charge is 2.11. The van der Waals surface area contributed by atoms with Gasteiger partial charge < -0.3 is 10.4 Å². The monoisotopic (exact) mass is 280 g/mol. The van der Waals surface area contributed by atoms with E-state index in [9.17, 15) is 9.90 Å². The highest BCUT2D eigenvalue weighted by molar-refractivity contribution is 6.30. The lowest BCUT2D eigenvalue weighted by atomic mass is 10.2. The van der Waals surface area contributed by atoms with Crippen molar-refractivity contribution in [2.45, 2.75) is 6.42 Å². The van der Waals surface area contributed by atoms with Crippen LogP contribution in [0.25, 0.3) is 0 Å². The number of aromatic nitrogens is 3. The lowest BCUT2D eigenvalue weighted by Gasteiger charge is -2.06. The third-order valence-corrected chi connectivity index (χ3v) is 2.72. The zero-order valence-corrected chi connectivity index (χ0v) is 11.1. The molecule has 6 nitrogen and oxygen atoms in total. The molecule has 0 saturated carbocycles. The molecule has 7 heteroatoms. The quantitative estimate of drug-likeness (QED) is 0.880. The molecule has 2 aromatic rings. The van der Waals surface area contributed by atoms with Gasteiger partial charge in [0.15, 0.2) is 5.82 Å². The molecule has 1 amide bonds. The predicted octanol–water partition coefficient (Wildman–Crippen LogP) is 1.15. The number of aryl methyl sites for hydroxylation is 1. The highest BCUT2D eigenvalue weighted by Crippen LogP contribution is 2.21. The van der Waals surface area contributed by atoms with Gasteiger partial charge in [-0.15, -0.1) is 0 Å². The normalized spacial score (nSPS) is 10.4. The van der Waals surface area contributed by atoms with Gasteiger partial charge in [-0.25, -0.2) is 4.98 Å². The first-order valence-corrected chi connectivity index (χ1v) is 6.05. The van der Waals surface area contributed by atoms with Crippen molar-refractivity contribution >= 4 is 17.5 Å². The van der Waals surface area contributed by atoms with E-state index in [2.05, 4.69) is 15.4 Å². The van der Waals surface area contributed by atoms with E-state index < -0.39 is 0 Å². The van der Waals surface area contributed by atoms with Crippen molar-refractivity contribution in [3.8, 4) is 5.75 Å². The molecule has 0 bridgehead atoms. The van der Waals surface area contributed by atoms with Crippen molar-refractivity contribution in [1.29, 1.82) is 0 Å². The second kappa shape index (κ2) is 5.71. The Morgan fingerprint density at radius 3 is 2.95 bits per heavy atom. The van der Waals surface area contributed by atoms with Gasteiger partial charge in [0, 0.05) is 25.0 Å². The van der Waals surface area contributed by atoms with Gasteiger partial charge in [0.25, 0.3) is 5.91 Å². The number of hydrogen-bond acceptors (Lipinski definition) is 4. The molecule has 100 valence electrons. The van der Waals surface area contributed by atoms with Crippen molar-refractivity contribution < 1.29 is 9.90 Å². The van der Waals surface area contributed by atoms with E-state index in [1.807, 2.05) is 0 Å². The van der Waals surface area contributed by atoms with E-state index in [1.165, 1.54) is 12.1 Å². The number of halogens is 1. The van der Waals surface area contributed by atoms with Gasteiger partial charge in [0.05, 0.1) is 5.56 Å². The fourth-order valence-corrected chi connectivity index (χ4v) is 1.74. The van der Waals surface area contributed by atoms with Crippen LogP contribution in [0.3, 0.4) is 0 Å². The Hall–Kier alpha value is -2.08. The van der Waals surface area contributed by atoms with E-state index in [4.69, 9.17) is 11.6 Å². The lowest BCUT2D eigenvalue weighted by Crippen LogP contribution is -2.26. The molecule has 0 aliphatic carbocycles. The Bertz CT molecular complexity index is 597. The number of carbonyl (C=O) groups is 1. The van der Waals surface area contributed by atoms with Crippen molar-refractivity contribution in [1.82, 2.24) is 20.1 Å². The van der Waals surface area contributed by atoms with Crippen LogP contribution >= 0.6 is 11.6 Å². The van der Waals surface area contributed by atoms with Crippen LogP contribution in [0.5, 0.6) is 5.75 Å². The van der Waals surface area contributed by atoms with E-state index >= 15 is 0 Å². The molecule has 0 aliphatic heterocycles. The summed E-state index contributed by atoms with van der Waals surface area (Å²) in [6.07, 6.45) is 2.13. The van der Waals surface area contributed by atoms with Gasteiger partial charge in [0.2, 0.25) is 0 Å². The topological polar surface area (TPSA) is 80.0 Å². The maximum absolute atomic E-state index is 11.8.